The van der Waals surface area contributed by atoms with Crippen LogP contribution in [0, 0.1) is 26.2 Å². The Bertz CT molecular complexity index is 400. The van der Waals surface area contributed by atoms with Crippen molar-refractivity contribution in [2.24, 2.45) is 0 Å². The van der Waals surface area contributed by atoms with E-state index >= 15 is 0 Å². The Labute approximate surface area is 89.7 Å². The molecule has 1 rings (SSSR count). The molecule has 0 spiro atoms. The van der Waals surface area contributed by atoms with Gasteiger partial charge in [0.1, 0.15) is 6.54 Å². The highest BCUT2D eigenvalue weighted by Crippen LogP contribution is 2.00. The second-order valence-corrected chi connectivity index (χ2v) is 3.54. The quantitative estimate of drug-likeness (QED) is 0.736. The van der Waals surface area contributed by atoms with Crippen LogP contribution in [-0.4, -0.2) is 21.7 Å². The van der Waals surface area contributed by atoms with Crippen LogP contribution in [0.4, 0.5) is 0 Å². The molecular formula is C11H15N3O. The second-order valence-electron chi connectivity index (χ2n) is 3.54. The molecule has 0 aromatic carbocycles. The number of amides is 1. The molecule has 0 bridgehead atoms. The summed E-state index contributed by atoms with van der Waals surface area (Å²) in [5.41, 5.74) is 1.88. The van der Waals surface area contributed by atoms with Crippen LogP contribution in [0.15, 0.2) is 6.07 Å². The molecule has 80 valence electrons. The van der Waals surface area contributed by atoms with Crippen LogP contribution in [-0.2, 0) is 11.3 Å². The molecule has 1 heterocycles. The SMILES string of the molecule is C#CC(C)NC(=O)Cn1nc(C)cc1C. The van der Waals surface area contributed by atoms with E-state index in [-0.39, 0.29) is 18.5 Å². The molecule has 0 saturated carbocycles. The van der Waals surface area contributed by atoms with Crippen molar-refractivity contribution < 1.29 is 4.79 Å². The van der Waals surface area contributed by atoms with Crippen LogP contribution < -0.4 is 5.32 Å². The minimum atomic E-state index is -0.241. The van der Waals surface area contributed by atoms with Crippen LogP contribution in [0.2, 0.25) is 0 Å². The summed E-state index contributed by atoms with van der Waals surface area (Å²) < 4.78 is 1.66. The van der Waals surface area contributed by atoms with Gasteiger partial charge in [-0.15, -0.1) is 6.42 Å². The van der Waals surface area contributed by atoms with Crippen molar-refractivity contribution in [1.29, 1.82) is 0 Å². The Hall–Kier alpha value is -1.76. The Kier molecular flexibility index (Phi) is 3.51. The van der Waals surface area contributed by atoms with E-state index in [1.165, 1.54) is 0 Å². The van der Waals surface area contributed by atoms with Gasteiger partial charge in [0.25, 0.3) is 0 Å². The third-order valence-corrected chi connectivity index (χ3v) is 2.02. The van der Waals surface area contributed by atoms with Crippen LogP contribution in [0.1, 0.15) is 18.3 Å². The summed E-state index contributed by atoms with van der Waals surface area (Å²) in [6.07, 6.45) is 5.16. The van der Waals surface area contributed by atoms with Crippen molar-refractivity contribution in [2.75, 3.05) is 0 Å². The maximum atomic E-state index is 11.5. The van der Waals surface area contributed by atoms with E-state index in [4.69, 9.17) is 6.42 Å². The molecule has 1 amide bonds. The van der Waals surface area contributed by atoms with E-state index in [2.05, 4.69) is 16.3 Å². The Morgan fingerprint density at radius 2 is 2.40 bits per heavy atom. The van der Waals surface area contributed by atoms with Crippen LogP contribution in [0.5, 0.6) is 0 Å². The smallest absolute Gasteiger partial charge is 0.242 e. The standard InChI is InChI=1S/C11H15N3O/c1-5-8(2)12-11(15)7-14-10(4)6-9(3)13-14/h1,6,8H,7H2,2-4H3,(H,12,15). The van der Waals surface area contributed by atoms with E-state index in [9.17, 15) is 4.79 Å². The van der Waals surface area contributed by atoms with Gasteiger partial charge in [-0.1, -0.05) is 5.92 Å². The lowest BCUT2D eigenvalue weighted by molar-refractivity contribution is -0.122. The van der Waals surface area contributed by atoms with Gasteiger partial charge < -0.3 is 5.32 Å². The van der Waals surface area contributed by atoms with Crippen LogP contribution in [0.3, 0.4) is 0 Å². The lowest BCUT2D eigenvalue weighted by Gasteiger charge is -2.08. The van der Waals surface area contributed by atoms with E-state index in [0.29, 0.717) is 0 Å². The molecule has 0 saturated heterocycles. The number of aryl methyl sites for hydroxylation is 2. The maximum absolute atomic E-state index is 11.5. The summed E-state index contributed by atoms with van der Waals surface area (Å²) in [4.78, 5) is 11.5. The molecule has 0 radical (unpaired) electrons. The van der Waals surface area contributed by atoms with Gasteiger partial charge in [0.2, 0.25) is 5.91 Å². The summed E-state index contributed by atoms with van der Waals surface area (Å²) in [7, 11) is 0. The van der Waals surface area contributed by atoms with Gasteiger partial charge in [0.05, 0.1) is 11.7 Å². The van der Waals surface area contributed by atoms with Gasteiger partial charge in [-0.05, 0) is 26.8 Å². The summed E-state index contributed by atoms with van der Waals surface area (Å²) in [6.45, 7) is 5.79. The molecule has 4 nitrogen and oxygen atoms in total. The highest BCUT2D eigenvalue weighted by atomic mass is 16.2. The lowest BCUT2D eigenvalue weighted by atomic mass is 10.3. The topological polar surface area (TPSA) is 46.9 Å². The van der Waals surface area contributed by atoms with E-state index < -0.39 is 0 Å². The summed E-state index contributed by atoms with van der Waals surface area (Å²) in [5.74, 6) is 2.32. The number of hydrogen-bond donors (Lipinski definition) is 1. The summed E-state index contributed by atoms with van der Waals surface area (Å²) >= 11 is 0. The predicted octanol–water partition coefficient (Wildman–Crippen LogP) is 0.638. The number of nitrogens with one attached hydrogen (secondary N) is 1. The molecule has 0 fully saturated rings. The molecule has 15 heavy (non-hydrogen) atoms. The average molecular weight is 205 g/mol. The first kappa shape index (κ1) is 11.3. The number of hydrogen-bond acceptors (Lipinski definition) is 2. The van der Waals surface area contributed by atoms with E-state index in [1.54, 1.807) is 11.6 Å². The van der Waals surface area contributed by atoms with Crippen LogP contribution in [0.25, 0.3) is 0 Å². The normalized spacial score (nSPS) is 11.9. The number of rotatable bonds is 3. The molecule has 1 atom stereocenters. The van der Waals surface area contributed by atoms with Gasteiger partial charge >= 0.3 is 0 Å². The summed E-state index contributed by atoms with van der Waals surface area (Å²) in [5, 5.41) is 6.87. The van der Waals surface area contributed by atoms with Gasteiger partial charge in [-0.2, -0.15) is 5.10 Å². The number of carbonyl (C=O) groups is 1. The molecule has 0 aliphatic rings. The highest BCUT2D eigenvalue weighted by molar-refractivity contribution is 5.76. The minimum Gasteiger partial charge on any atom is -0.341 e. The number of nitrogens with zero attached hydrogens (tertiary/aromatic N) is 2. The monoisotopic (exact) mass is 205 g/mol. The fraction of sp³-hybridized carbons (Fsp3) is 0.455. The van der Waals surface area contributed by atoms with Gasteiger partial charge in [0.15, 0.2) is 0 Å². The first-order chi connectivity index (χ1) is 7.02. The first-order valence-electron chi connectivity index (χ1n) is 4.79. The lowest BCUT2D eigenvalue weighted by Crippen LogP contribution is -2.34. The molecule has 1 N–H and O–H groups in total. The van der Waals surface area contributed by atoms with Crippen molar-refractivity contribution in [3.8, 4) is 12.3 Å². The predicted molar refractivity (Wildman–Crippen MR) is 58.1 cm³/mol. The Morgan fingerprint density at radius 3 is 2.87 bits per heavy atom. The van der Waals surface area contributed by atoms with Gasteiger partial charge in [0, 0.05) is 5.69 Å². The fourth-order valence-electron chi connectivity index (χ4n) is 1.30. The van der Waals surface area contributed by atoms with E-state index in [0.717, 1.165) is 11.4 Å². The zero-order valence-electron chi connectivity index (χ0n) is 9.24. The third kappa shape index (κ3) is 3.13. The number of aromatic nitrogens is 2. The molecule has 4 heteroatoms. The Balaban J connectivity index is 2.59. The zero-order chi connectivity index (χ0) is 11.4. The number of terminal acetylenes is 1. The highest BCUT2D eigenvalue weighted by Gasteiger charge is 2.08. The fourth-order valence-corrected chi connectivity index (χ4v) is 1.30. The third-order valence-electron chi connectivity index (χ3n) is 2.02. The minimum absolute atomic E-state index is 0.119. The van der Waals surface area contributed by atoms with Crippen molar-refractivity contribution in [1.82, 2.24) is 15.1 Å². The molecule has 1 aromatic heterocycles. The molecule has 1 unspecified atom stereocenters. The van der Waals surface area contributed by atoms with Crippen LogP contribution >= 0.6 is 0 Å². The van der Waals surface area contributed by atoms with Gasteiger partial charge in [-0.25, -0.2) is 0 Å². The zero-order valence-corrected chi connectivity index (χ0v) is 9.24. The molecule has 0 aliphatic heterocycles. The summed E-state index contributed by atoms with van der Waals surface area (Å²) in [6, 6.07) is 1.69. The average Bonchev–Trinajstić information content (AvgIpc) is 2.44. The Morgan fingerprint density at radius 1 is 1.73 bits per heavy atom. The van der Waals surface area contributed by atoms with Crippen molar-refractivity contribution >= 4 is 5.91 Å². The van der Waals surface area contributed by atoms with Gasteiger partial charge in [-0.3, -0.25) is 9.48 Å². The van der Waals surface area contributed by atoms with E-state index in [1.807, 2.05) is 19.9 Å². The van der Waals surface area contributed by atoms with Crippen molar-refractivity contribution in [2.45, 2.75) is 33.4 Å². The van der Waals surface area contributed by atoms with Crippen molar-refractivity contribution in [3.05, 3.63) is 17.5 Å². The molecule has 0 aliphatic carbocycles. The second kappa shape index (κ2) is 4.65. The maximum Gasteiger partial charge on any atom is 0.242 e. The van der Waals surface area contributed by atoms with Crippen molar-refractivity contribution in [3.63, 3.8) is 0 Å². The molecule has 1 aromatic rings. The largest absolute Gasteiger partial charge is 0.341 e. The molecular weight excluding hydrogens is 190 g/mol. The number of carbonyl (C=O) groups excluding carboxylic acids is 1. The first-order valence-corrected chi connectivity index (χ1v) is 4.79.